The van der Waals surface area contributed by atoms with Crippen LogP contribution in [0.3, 0.4) is 0 Å². The number of methoxy groups -OCH3 is 1. The molecule has 0 bridgehead atoms. The zero-order valence-electron chi connectivity index (χ0n) is 18.8. The number of carbonyl (C=O) groups is 1. The van der Waals surface area contributed by atoms with E-state index in [4.69, 9.17) is 32.4 Å². The van der Waals surface area contributed by atoms with Crippen molar-refractivity contribution in [3.63, 3.8) is 0 Å². The first-order chi connectivity index (χ1) is 17.4. The summed E-state index contributed by atoms with van der Waals surface area (Å²) in [6.07, 6.45) is 1.42. The monoisotopic (exact) mass is 521 g/mol. The van der Waals surface area contributed by atoms with Crippen molar-refractivity contribution in [2.24, 2.45) is 5.10 Å². The predicted molar refractivity (Wildman–Crippen MR) is 138 cm³/mol. The molecule has 0 amide bonds. The molecule has 0 radical (unpaired) electrons. The average molecular weight is 522 g/mol. The van der Waals surface area contributed by atoms with Gasteiger partial charge in [-0.15, -0.1) is 0 Å². The lowest BCUT2D eigenvalue weighted by atomic mass is 10.2. The fraction of sp³-hybridized carbons (Fsp3) is 0.0769. The Morgan fingerprint density at radius 1 is 1.08 bits per heavy atom. The van der Waals surface area contributed by atoms with E-state index in [2.05, 4.69) is 14.8 Å². The standard InChI is InChI=1S/C26H17Cl2N3O5/c1-34-23(32)14-35-24-18(27)10-15(11-19(24)28)13-29-31-25(22-12-16-6-2-5-9-21(16)36-22)30-20-8-4-3-7-17(20)26(31)33/h2-13H,14H2,1H3. The molecule has 0 atom stereocenters. The molecule has 0 aliphatic rings. The second kappa shape index (κ2) is 9.85. The van der Waals surface area contributed by atoms with Crippen LogP contribution in [0, 0.1) is 0 Å². The van der Waals surface area contributed by atoms with E-state index in [1.165, 1.54) is 18.0 Å². The van der Waals surface area contributed by atoms with Crippen LogP contribution in [0.15, 0.2) is 81.0 Å². The zero-order chi connectivity index (χ0) is 25.2. The highest BCUT2D eigenvalue weighted by molar-refractivity contribution is 6.37. The largest absolute Gasteiger partial charge is 0.479 e. The van der Waals surface area contributed by atoms with Crippen LogP contribution in [0.5, 0.6) is 5.75 Å². The van der Waals surface area contributed by atoms with Gasteiger partial charge < -0.3 is 13.9 Å². The van der Waals surface area contributed by atoms with Crippen LogP contribution in [0.4, 0.5) is 0 Å². The number of aromatic nitrogens is 2. The summed E-state index contributed by atoms with van der Waals surface area (Å²) in [6.45, 7) is -0.345. The van der Waals surface area contributed by atoms with Crippen LogP contribution >= 0.6 is 23.2 Å². The van der Waals surface area contributed by atoms with Crippen molar-refractivity contribution < 1.29 is 18.7 Å². The van der Waals surface area contributed by atoms with Crippen molar-refractivity contribution in [1.29, 1.82) is 0 Å². The molecule has 0 N–H and O–H groups in total. The van der Waals surface area contributed by atoms with Gasteiger partial charge in [0.05, 0.1) is 34.3 Å². The summed E-state index contributed by atoms with van der Waals surface area (Å²) in [7, 11) is 1.25. The topological polar surface area (TPSA) is 95.9 Å². The summed E-state index contributed by atoms with van der Waals surface area (Å²) in [6, 6.07) is 19.4. The molecular formula is C26H17Cl2N3O5. The molecule has 5 aromatic rings. The van der Waals surface area contributed by atoms with Gasteiger partial charge >= 0.3 is 5.97 Å². The number of para-hydroxylation sites is 2. The molecule has 0 saturated heterocycles. The number of ether oxygens (including phenoxy) is 2. The SMILES string of the molecule is COC(=O)COc1c(Cl)cc(C=Nn2c(-c3cc4ccccc4o3)nc3ccccc3c2=O)cc1Cl. The Labute approximate surface area is 214 Å². The molecule has 10 heteroatoms. The first kappa shape index (κ1) is 23.6. The summed E-state index contributed by atoms with van der Waals surface area (Å²) >= 11 is 12.6. The Morgan fingerprint density at radius 2 is 1.81 bits per heavy atom. The van der Waals surface area contributed by atoms with Crippen LogP contribution in [-0.4, -0.2) is 35.6 Å². The number of rotatable bonds is 6. The van der Waals surface area contributed by atoms with Crippen LogP contribution in [0.1, 0.15) is 5.56 Å². The maximum atomic E-state index is 13.4. The highest BCUT2D eigenvalue weighted by Crippen LogP contribution is 2.34. The number of nitrogens with zero attached hydrogens (tertiary/aromatic N) is 3. The second-order valence-electron chi connectivity index (χ2n) is 7.64. The second-order valence-corrected chi connectivity index (χ2v) is 8.46. The van der Waals surface area contributed by atoms with Crippen LogP contribution in [-0.2, 0) is 9.53 Å². The molecule has 2 heterocycles. The minimum Gasteiger partial charge on any atom is -0.479 e. The van der Waals surface area contributed by atoms with Gasteiger partial charge in [-0.3, -0.25) is 4.79 Å². The zero-order valence-corrected chi connectivity index (χ0v) is 20.3. The van der Waals surface area contributed by atoms with Gasteiger partial charge in [-0.1, -0.05) is 53.5 Å². The number of hydrogen-bond donors (Lipinski definition) is 0. The molecular weight excluding hydrogens is 505 g/mol. The normalized spacial score (nSPS) is 11.4. The number of benzene rings is 3. The third-order valence-electron chi connectivity index (χ3n) is 5.30. The fourth-order valence-corrected chi connectivity index (χ4v) is 4.20. The van der Waals surface area contributed by atoms with Crippen molar-refractivity contribution in [2.45, 2.75) is 0 Å². The molecule has 5 rings (SSSR count). The highest BCUT2D eigenvalue weighted by atomic mass is 35.5. The van der Waals surface area contributed by atoms with Crippen LogP contribution in [0.25, 0.3) is 33.5 Å². The average Bonchev–Trinajstić information content (AvgIpc) is 3.31. The van der Waals surface area contributed by atoms with Gasteiger partial charge in [0, 0.05) is 5.39 Å². The molecule has 0 fully saturated rings. The summed E-state index contributed by atoms with van der Waals surface area (Å²) in [5.41, 5.74) is 1.29. The van der Waals surface area contributed by atoms with Crippen molar-refractivity contribution in [1.82, 2.24) is 9.66 Å². The maximum Gasteiger partial charge on any atom is 0.343 e. The Bertz CT molecular complexity index is 1650. The summed E-state index contributed by atoms with van der Waals surface area (Å²) in [4.78, 5) is 29.4. The first-order valence-corrected chi connectivity index (χ1v) is 11.4. The maximum absolute atomic E-state index is 13.4. The van der Waals surface area contributed by atoms with Crippen molar-refractivity contribution in [3.05, 3.63) is 92.7 Å². The van der Waals surface area contributed by atoms with Crippen molar-refractivity contribution in [3.8, 4) is 17.3 Å². The number of esters is 1. The Morgan fingerprint density at radius 3 is 2.56 bits per heavy atom. The van der Waals surface area contributed by atoms with Crippen molar-refractivity contribution in [2.75, 3.05) is 13.7 Å². The molecule has 0 spiro atoms. The molecule has 0 saturated carbocycles. The quantitative estimate of drug-likeness (QED) is 0.214. The van der Waals surface area contributed by atoms with E-state index < -0.39 is 5.97 Å². The molecule has 3 aromatic carbocycles. The number of furan rings is 1. The van der Waals surface area contributed by atoms with E-state index >= 15 is 0 Å². The number of hydrogen-bond acceptors (Lipinski definition) is 7. The molecule has 2 aromatic heterocycles. The van der Waals surface area contributed by atoms with E-state index in [1.54, 1.807) is 42.5 Å². The van der Waals surface area contributed by atoms with Gasteiger partial charge in [0.2, 0.25) is 5.82 Å². The summed E-state index contributed by atoms with van der Waals surface area (Å²) in [5.74, 6) is 0.183. The number of halogens is 2. The van der Waals surface area contributed by atoms with E-state index in [-0.39, 0.29) is 33.8 Å². The molecule has 0 aliphatic heterocycles. The van der Waals surface area contributed by atoms with E-state index in [0.29, 0.717) is 27.8 Å². The Hall–Kier alpha value is -4.14. The van der Waals surface area contributed by atoms with Gasteiger partial charge in [-0.05, 0) is 42.0 Å². The van der Waals surface area contributed by atoms with Gasteiger partial charge in [-0.2, -0.15) is 9.78 Å². The molecule has 180 valence electrons. The number of fused-ring (bicyclic) bond motifs is 2. The third kappa shape index (κ3) is 4.56. The van der Waals surface area contributed by atoms with E-state index in [9.17, 15) is 9.59 Å². The van der Waals surface area contributed by atoms with Gasteiger partial charge in [0.1, 0.15) is 5.58 Å². The smallest absolute Gasteiger partial charge is 0.343 e. The van der Waals surface area contributed by atoms with Gasteiger partial charge in [0.15, 0.2) is 18.1 Å². The van der Waals surface area contributed by atoms with Crippen molar-refractivity contribution >= 4 is 57.3 Å². The lowest BCUT2D eigenvalue weighted by molar-refractivity contribution is -0.142. The summed E-state index contributed by atoms with van der Waals surface area (Å²) < 4.78 is 17.0. The minimum atomic E-state index is -0.575. The van der Waals surface area contributed by atoms with Gasteiger partial charge in [-0.25, -0.2) is 9.78 Å². The highest BCUT2D eigenvalue weighted by Gasteiger charge is 2.17. The molecule has 8 nitrogen and oxygen atoms in total. The molecule has 0 aliphatic carbocycles. The lowest BCUT2D eigenvalue weighted by Crippen LogP contribution is -2.20. The number of carbonyl (C=O) groups excluding carboxylic acids is 1. The lowest BCUT2D eigenvalue weighted by Gasteiger charge is -2.10. The summed E-state index contributed by atoms with van der Waals surface area (Å²) in [5, 5.41) is 5.99. The predicted octanol–water partition coefficient (Wildman–Crippen LogP) is 5.55. The Balaban J connectivity index is 1.59. The molecule has 36 heavy (non-hydrogen) atoms. The Kier molecular flexibility index (Phi) is 6.45. The van der Waals surface area contributed by atoms with Crippen LogP contribution < -0.4 is 10.3 Å². The third-order valence-corrected chi connectivity index (χ3v) is 5.87. The van der Waals surface area contributed by atoms with Crippen LogP contribution in [0.2, 0.25) is 10.0 Å². The van der Waals surface area contributed by atoms with E-state index in [1.807, 2.05) is 24.3 Å². The fourth-order valence-electron chi connectivity index (χ4n) is 3.59. The molecule has 0 unspecified atom stereocenters. The first-order valence-electron chi connectivity index (χ1n) is 10.7. The van der Waals surface area contributed by atoms with E-state index in [0.717, 1.165) is 5.39 Å². The van der Waals surface area contributed by atoms with Gasteiger partial charge in [0.25, 0.3) is 5.56 Å². The minimum absolute atomic E-state index is 0.133.